The van der Waals surface area contributed by atoms with Crippen molar-refractivity contribution in [2.24, 2.45) is 0 Å². The fraction of sp³-hybridized carbons (Fsp3) is 0.583. The molecular weight excluding hydrogens is 380 g/mol. The second-order valence-electron chi connectivity index (χ2n) is 10.2. The van der Waals surface area contributed by atoms with Crippen molar-refractivity contribution in [1.29, 1.82) is 0 Å². The summed E-state index contributed by atoms with van der Waals surface area (Å²) in [6, 6.07) is 1.72. The standard InChI is InChI=1S/C24H34N2O4/c1-23(2,3)16-9-13(11-29-7)19(24(4,5)6)17(15(16)12-30-8)20-18-14(21(27)26-20)10-25-22(18)28/h9,20H,10-12H2,1-8H3,(H,25,28)(H,26,27). The van der Waals surface area contributed by atoms with E-state index in [1.165, 1.54) is 0 Å². The van der Waals surface area contributed by atoms with E-state index in [0.29, 0.717) is 24.4 Å². The zero-order chi connectivity index (χ0) is 22.4. The highest BCUT2D eigenvalue weighted by molar-refractivity contribution is 6.13. The number of nitrogens with one attached hydrogen (secondary N) is 2. The van der Waals surface area contributed by atoms with Gasteiger partial charge in [0.2, 0.25) is 11.8 Å². The minimum Gasteiger partial charge on any atom is -0.380 e. The summed E-state index contributed by atoms with van der Waals surface area (Å²) in [5.74, 6) is -0.350. The van der Waals surface area contributed by atoms with Gasteiger partial charge >= 0.3 is 0 Å². The van der Waals surface area contributed by atoms with Gasteiger partial charge in [0.05, 0.1) is 24.8 Å². The lowest BCUT2D eigenvalue weighted by Gasteiger charge is -2.35. The Hall–Kier alpha value is -2.18. The first-order valence-corrected chi connectivity index (χ1v) is 10.4. The average Bonchev–Trinajstić information content (AvgIpc) is 3.15. The van der Waals surface area contributed by atoms with Crippen LogP contribution in [0.4, 0.5) is 0 Å². The molecule has 2 aliphatic rings. The van der Waals surface area contributed by atoms with E-state index >= 15 is 0 Å². The molecule has 1 atom stereocenters. The maximum absolute atomic E-state index is 12.7. The van der Waals surface area contributed by atoms with E-state index in [4.69, 9.17) is 9.47 Å². The van der Waals surface area contributed by atoms with Crippen molar-refractivity contribution >= 4 is 11.8 Å². The Morgan fingerprint density at radius 3 is 2.13 bits per heavy atom. The van der Waals surface area contributed by atoms with Crippen LogP contribution >= 0.6 is 0 Å². The lowest BCUT2D eigenvalue weighted by atomic mass is 9.71. The number of carbonyl (C=O) groups excluding carboxylic acids is 2. The first kappa shape index (κ1) is 22.5. The summed E-state index contributed by atoms with van der Waals surface area (Å²) >= 11 is 0. The molecule has 6 heteroatoms. The number of benzene rings is 1. The zero-order valence-electron chi connectivity index (χ0n) is 19.4. The van der Waals surface area contributed by atoms with Crippen LogP contribution in [0.3, 0.4) is 0 Å². The highest BCUT2D eigenvalue weighted by atomic mass is 16.5. The Kier molecular flexibility index (Phi) is 5.87. The molecule has 0 aliphatic carbocycles. The molecule has 2 N–H and O–H groups in total. The molecule has 0 aromatic heterocycles. The summed E-state index contributed by atoms with van der Waals surface area (Å²) in [4.78, 5) is 25.4. The van der Waals surface area contributed by atoms with Gasteiger partial charge in [-0.25, -0.2) is 0 Å². The molecule has 2 amide bonds. The molecule has 1 aromatic rings. The molecule has 1 unspecified atom stereocenters. The SMILES string of the molecule is COCc1cc(C(C)(C)C)c(COC)c(C2NC(=O)C3=C2C(=O)NC3)c1C(C)(C)C. The summed E-state index contributed by atoms with van der Waals surface area (Å²) in [5, 5.41) is 5.91. The van der Waals surface area contributed by atoms with E-state index < -0.39 is 6.04 Å². The molecule has 0 spiro atoms. The quantitative estimate of drug-likeness (QED) is 0.776. The van der Waals surface area contributed by atoms with Crippen LogP contribution < -0.4 is 10.6 Å². The van der Waals surface area contributed by atoms with Crippen LogP contribution in [-0.2, 0) is 43.1 Å². The molecule has 164 valence electrons. The Labute approximate surface area is 179 Å². The monoisotopic (exact) mass is 414 g/mol. The third-order valence-corrected chi connectivity index (χ3v) is 5.83. The lowest BCUT2D eigenvalue weighted by molar-refractivity contribution is -0.117. The van der Waals surface area contributed by atoms with E-state index in [1.807, 2.05) is 0 Å². The van der Waals surface area contributed by atoms with E-state index in [2.05, 4.69) is 58.2 Å². The number of ether oxygens (including phenoxy) is 2. The predicted molar refractivity (Wildman–Crippen MR) is 116 cm³/mol. The molecule has 2 heterocycles. The first-order valence-electron chi connectivity index (χ1n) is 10.4. The minimum absolute atomic E-state index is 0.153. The molecule has 2 aliphatic heterocycles. The van der Waals surface area contributed by atoms with Crippen LogP contribution in [0.5, 0.6) is 0 Å². The van der Waals surface area contributed by atoms with Crippen LogP contribution in [0.2, 0.25) is 0 Å². The highest BCUT2D eigenvalue weighted by Crippen LogP contribution is 2.45. The Balaban J connectivity index is 2.43. The van der Waals surface area contributed by atoms with E-state index in [-0.39, 0.29) is 29.2 Å². The second-order valence-corrected chi connectivity index (χ2v) is 10.2. The van der Waals surface area contributed by atoms with Crippen LogP contribution in [0.25, 0.3) is 0 Å². The van der Waals surface area contributed by atoms with Crippen LogP contribution in [-0.4, -0.2) is 32.6 Å². The lowest BCUT2D eigenvalue weighted by Crippen LogP contribution is -2.34. The first-order chi connectivity index (χ1) is 13.9. The molecule has 30 heavy (non-hydrogen) atoms. The topological polar surface area (TPSA) is 76.7 Å². The number of methoxy groups -OCH3 is 2. The number of amides is 2. The number of carbonyl (C=O) groups is 2. The van der Waals surface area contributed by atoms with Crippen molar-refractivity contribution in [3.63, 3.8) is 0 Å². The third kappa shape index (κ3) is 3.79. The molecular formula is C24H34N2O4. The van der Waals surface area contributed by atoms with Gasteiger partial charge < -0.3 is 20.1 Å². The predicted octanol–water partition coefficient (Wildman–Crippen LogP) is 3.17. The van der Waals surface area contributed by atoms with Gasteiger partial charge in [0.1, 0.15) is 0 Å². The van der Waals surface area contributed by atoms with Crippen molar-refractivity contribution in [3.8, 4) is 0 Å². The molecule has 0 bridgehead atoms. The zero-order valence-corrected chi connectivity index (χ0v) is 19.4. The van der Waals surface area contributed by atoms with Crippen molar-refractivity contribution in [3.05, 3.63) is 45.0 Å². The van der Waals surface area contributed by atoms with Crippen molar-refractivity contribution in [1.82, 2.24) is 10.6 Å². The Bertz CT molecular complexity index is 915. The molecule has 0 saturated carbocycles. The maximum Gasteiger partial charge on any atom is 0.250 e. The number of rotatable bonds is 5. The summed E-state index contributed by atoms with van der Waals surface area (Å²) < 4.78 is 11.2. The second kappa shape index (κ2) is 7.82. The normalized spacial score (nSPS) is 19.3. The largest absolute Gasteiger partial charge is 0.380 e. The Morgan fingerprint density at radius 1 is 0.967 bits per heavy atom. The summed E-state index contributed by atoms with van der Waals surface area (Å²) in [6.45, 7) is 14.1. The highest BCUT2D eigenvalue weighted by Gasteiger charge is 2.44. The van der Waals surface area contributed by atoms with Crippen molar-refractivity contribution in [2.75, 3.05) is 20.8 Å². The molecule has 0 saturated heterocycles. The van der Waals surface area contributed by atoms with Crippen LogP contribution in [0, 0.1) is 0 Å². The van der Waals surface area contributed by atoms with E-state index in [0.717, 1.165) is 27.8 Å². The maximum atomic E-state index is 12.7. The molecule has 0 fully saturated rings. The molecule has 6 nitrogen and oxygen atoms in total. The summed E-state index contributed by atoms with van der Waals surface area (Å²) in [6.07, 6.45) is 0. The number of hydrogen-bond acceptors (Lipinski definition) is 4. The summed E-state index contributed by atoms with van der Waals surface area (Å²) in [5.41, 5.74) is 6.02. The van der Waals surface area contributed by atoms with Crippen LogP contribution in [0.1, 0.15) is 75.4 Å². The van der Waals surface area contributed by atoms with Gasteiger partial charge in [0.25, 0.3) is 0 Å². The third-order valence-electron chi connectivity index (χ3n) is 5.83. The fourth-order valence-electron chi connectivity index (χ4n) is 4.76. The summed E-state index contributed by atoms with van der Waals surface area (Å²) in [7, 11) is 3.37. The van der Waals surface area contributed by atoms with Gasteiger partial charge in [-0.1, -0.05) is 47.6 Å². The van der Waals surface area contributed by atoms with Gasteiger partial charge in [-0.2, -0.15) is 0 Å². The minimum atomic E-state index is -0.493. The van der Waals surface area contributed by atoms with Gasteiger partial charge in [0.15, 0.2) is 0 Å². The smallest absolute Gasteiger partial charge is 0.250 e. The molecule has 1 aromatic carbocycles. The van der Waals surface area contributed by atoms with Crippen molar-refractivity contribution in [2.45, 2.75) is 71.6 Å². The molecule has 3 rings (SSSR count). The van der Waals surface area contributed by atoms with Gasteiger partial charge in [-0.15, -0.1) is 0 Å². The Morgan fingerprint density at radius 2 is 1.60 bits per heavy atom. The fourth-order valence-corrected chi connectivity index (χ4v) is 4.76. The molecule has 0 radical (unpaired) electrons. The van der Waals surface area contributed by atoms with Crippen LogP contribution in [0.15, 0.2) is 17.2 Å². The van der Waals surface area contributed by atoms with E-state index in [1.54, 1.807) is 14.2 Å². The van der Waals surface area contributed by atoms with Gasteiger partial charge in [0, 0.05) is 26.3 Å². The van der Waals surface area contributed by atoms with Gasteiger partial charge in [-0.05, 0) is 38.6 Å². The average molecular weight is 415 g/mol. The van der Waals surface area contributed by atoms with E-state index in [9.17, 15) is 9.59 Å². The van der Waals surface area contributed by atoms with Crippen molar-refractivity contribution < 1.29 is 19.1 Å². The van der Waals surface area contributed by atoms with Gasteiger partial charge in [-0.3, -0.25) is 9.59 Å². The number of hydrogen-bond donors (Lipinski definition) is 2.